The van der Waals surface area contributed by atoms with Crippen LogP contribution in [0.15, 0.2) is 24.3 Å². The van der Waals surface area contributed by atoms with Crippen LogP contribution in [0.1, 0.15) is 10.4 Å². The normalized spacial score (nSPS) is 11.9. The molecule has 0 spiro atoms. The van der Waals surface area contributed by atoms with E-state index in [9.17, 15) is 14.0 Å². The van der Waals surface area contributed by atoms with Gasteiger partial charge in [-0.05, 0) is 24.3 Å². The molecule has 0 aliphatic heterocycles. The van der Waals surface area contributed by atoms with Gasteiger partial charge in [0.25, 0.3) is 5.91 Å². The standard InChI is InChI=1S/C10H10FNO3S/c11-7-3-1-6(2-4-7)9(13)12-8(5-16)10(14)15/h1-4,8,16H,5H2,(H,12,13)(H,14,15)/t8-/m0/s1. The Balaban J connectivity index is 2.71. The number of benzene rings is 1. The topological polar surface area (TPSA) is 66.4 Å². The second-order valence-electron chi connectivity index (χ2n) is 3.05. The monoisotopic (exact) mass is 243 g/mol. The fourth-order valence-corrected chi connectivity index (χ4v) is 1.28. The van der Waals surface area contributed by atoms with Crippen LogP contribution in [0.3, 0.4) is 0 Å². The summed E-state index contributed by atoms with van der Waals surface area (Å²) in [5.41, 5.74) is 0.203. The first kappa shape index (κ1) is 12.5. The van der Waals surface area contributed by atoms with Crippen LogP contribution in [-0.4, -0.2) is 28.8 Å². The van der Waals surface area contributed by atoms with Gasteiger partial charge in [0, 0.05) is 11.3 Å². The van der Waals surface area contributed by atoms with E-state index in [1.165, 1.54) is 12.1 Å². The summed E-state index contributed by atoms with van der Waals surface area (Å²) in [6.07, 6.45) is 0. The number of carboxylic acid groups (broad SMARTS) is 1. The molecule has 0 aliphatic rings. The number of hydrogen-bond acceptors (Lipinski definition) is 3. The Bertz CT molecular complexity index is 394. The van der Waals surface area contributed by atoms with Gasteiger partial charge in [-0.25, -0.2) is 9.18 Å². The molecule has 0 saturated heterocycles. The van der Waals surface area contributed by atoms with Crippen molar-refractivity contribution in [3.05, 3.63) is 35.6 Å². The molecule has 0 aromatic heterocycles. The second-order valence-corrected chi connectivity index (χ2v) is 3.42. The predicted octanol–water partition coefficient (Wildman–Crippen LogP) is 0.939. The molecule has 6 heteroatoms. The summed E-state index contributed by atoms with van der Waals surface area (Å²) in [6, 6.07) is 3.77. The Morgan fingerprint density at radius 3 is 2.38 bits per heavy atom. The molecule has 4 nitrogen and oxygen atoms in total. The lowest BCUT2D eigenvalue weighted by atomic mass is 10.2. The summed E-state index contributed by atoms with van der Waals surface area (Å²) >= 11 is 3.80. The van der Waals surface area contributed by atoms with Gasteiger partial charge in [0.15, 0.2) is 0 Å². The van der Waals surface area contributed by atoms with E-state index in [0.717, 1.165) is 12.1 Å². The maximum absolute atomic E-state index is 12.6. The minimum Gasteiger partial charge on any atom is -0.480 e. The van der Waals surface area contributed by atoms with E-state index in [1.807, 2.05) is 0 Å². The van der Waals surface area contributed by atoms with Crippen molar-refractivity contribution in [2.24, 2.45) is 0 Å². The Morgan fingerprint density at radius 1 is 1.38 bits per heavy atom. The second kappa shape index (κ2) is 5.50. The highest BCUT2D eigenvalue weighted by molar-refractivity contribution is 7.80. The minimum atomic E-state index is -1.16. The molecule has 86 valence electrons. The lowest BCUT2D eigenvalue weighted by Gasteiger charge is -2.11. The van der Waals surface area contributed by atoms with Gasteiger partial charge in [0.2, 0.25) is 0 Å². The average molecular weight is 243 g/mol. The highest BCUT2D eigenvalue weighted by atomic mass is 32.1. The third-order valence-corrected chi connectivity index (χ3v) is 2.26. The van der Waals surface area contributed by atoms with Crippen molar-refractivity contribution in [3.8, 4) is 0 Å². The number of aliphatic carboxylic acids is 1. The van der Waals surface area contributed by atoms with Gasteiger partial charge in [-0.15, -0.1) is 0 Å². The van der Waals surface area contributed by atoms with Crippen LogP contribution in [0.5, 0.6) is 0 Å². The fraction of sp³-hybridized carbons (Fsp3) is 0.200. The molecule has 16 heavy (non-hydrogen) atoms. The number of halogens is 1. The van der Waals surface area contributed by atoms with E-state index in [4.69, 9.17) is 5.11 Å². The molecule has 1 aromatic carbocycles. The SMILES string of the molecule is O=C(N[C@@H](CS)C(=O)O)c1ccc(F)cc1. The van der Waals surface area contributed by atoms with Crippen LogP contribution in [0.4, 0.5) is 4.39 Å². The van der Waals surface area contributed by atoms with E-state index in [0.29, 0.717) is 0 Å². The third kappa shape index (κ3) is 3.23. The minimum absolute atomic E-state index is 0.0116. The highest BCUT2D eigenvalue weighted by Gasteiger charge is 2.18. The molecule has 0 bridgehead atoms. The van der Waals surface area contributed by atoms with E-state index in [-0.39, 0.29) is 11.3 Å². The third-order valence-electron chi connectivity index (χ3n) is 1.89. The highest BCUT2D eigenvalue weighted by Crippen LogP contribution is 2.03. The number of carbonyl (C=O) groups excluding carboxylic acids is 1. The summed E-state index contributed by atoms with van der Waals surface area (Å²) in [5.74, 6) is -2.20. The first-order chi connectivity index (χ1) is 7.54. The molecule has 1 rings (SSSR count). The first-order valence-corrected chi connectivity index (χ1v) is 5.08. The summed E-state index contributed by atoms with van der Waals surface area (Å²) in [4.78, 5) is 22.1. The maximum Gasteiger partial charge on any atom is 0.327 e. The summed E-state index contributed by atoms with van der Waals surface area (Å²) in [5, 5.41) is 11.0. The molecule has 0 heterocycles. The summed E-state index contributed by atoms with van der Waals surface area (Å²) in [7, 11) is 0. The molecule has 1 atom stereocenters. The number of amides is 1. The van der Waals surface area contributed by atoms with Gasteiger partial charge in [-0.2, -0.15) is 12.6 Å². The fourth-order valence-electron chi connectivity index (χ4n) is 1.03. The van der Waals surface area contributed by atoms with Gasteiger partial charge in [-0.1, -0.05) is 0 Å². The smallest absolute Gasteiger partial charge is 0.327 e. The van der Waals surface area contributed by atoms with Crippen LogP contribution in [0.2, 0.25) is 0 Å². The van der Waals surface area contributed by atoms with Crippen molar-refractivity contribution in [3.63, 3.8) is 0 Å². The largest absolute Gasteiger partial charge is 0.480 e. The van der Waals surface area contributed by atoms with Crippen LogP contribution in [0, 0.1) is 5.82 Å². The first-order valence-electron chi connectivity index (χ1n) is 4.44. The van der Waals surface area contributed by atoms with Crippen molar-refractivity contribution in [1.29, 1.82) is 0 Å². The molecule has 0 saturated carbocycles. The van der Waals surface area contributed by atoms with Gasteiger partial charge >= 0.3 is 5.97 Å². The summed E-state index contributed by atoms with van der Waals surface area (Å²) < 4.78 is 12.6. The number of thiol groups is 1. The van der Waals surface area contributed by atoms with Gasteiger partial charge in [0.1, 0.15) is 11.9 Å². The van der Waals surface area contributed by atoms with Gasteiger partial charge in [-0.3, -0.25) is 4.79 Å². The molecule has 0 unspecified atom stereocenters. The van der Waals surface area contributed by atoms with Crippen molar-refractivity contribution in [2.45, 2.75) is 6.04 Å². The van der Waals surface area contributed by atoms with Gasteiger partial charge < -0.3 is 10.4 Å². The number of carbonyl (C=O) groups is 2. The van der Waals surface area contributed by atoms with Crippen molar-refractivity contribution in [1.82, 2.24) is 5.32 Å². The number of hydrogen-bond donors (Lipinski definition) is 3. The Kier molecular flexibility index (Phi) is 4.30. The Labute approximate surface area is 96.9 Å². The molecule has 0 aliphatic carbocycles. The lowest BCUT2D eigenvalue weighted by molar-refractivity contribution is -0.138. The van der Waals surface area contributed by atoms with E-state index >= 15 is 0 Å². The van der Waals surface area contributed by atoms with Gasteiger partial charge in [0.05, 0.1) is 0 Å². The van der Waals surface area contributed by atoms with E-state index < -0.39 is 23.7 Å². The molecule has 1 amide bonds. The summed E-state index contributed by atoms with van der Waals surface area (Å²) in [6.45, 7) is 0. The van der Waals surface area contributed by atoms with Crippen molar-refractivity contribution >= 4 is 24.5 Å². The lowest BCUT2D eigenvalue weighted by Crippen LogP contribution is -2.42. The van der Waals surface area contributed by atoms with E-state index in [2.05, 4.69) is 17.9 Å². The quantitative estimate of drug-likeness (QED) is 0.689. The Morgan fingerprint density at radius 2 is 1.94 bits per heavy atom. The number of nitrogens with one attached hydrogen (secondary N) is 1. The molecule has 2 N–H and O–H groups in total. The van der Waals surface area contributed by atoms with Crippen LogP contribution < -0.4 is 5.32 Å². The predicted molar refractivity (Wildman–Crippen MR) is 59.1 cm³/mol. The molecule has 0 fully saturated rings. The van der Waals surface area contributed by atoms with Crippen LogP contribution in [0.25, 0.3) is 0 Å². The molecule has 1 aromatic rings. The van der Waals surface area contributed by atoms with Crippen molar-refractivity contribution in [2.75, 3.05) is 5.75 Å². The zero-order valence-corrected chi connectivity index (χ0v) is 9.08. The zero-order chi connectivity index (χ0) is 12.1. The number of rotatable bonds is 4. The maximum atomic E-state index is 12.6. The van der Waals surface area contributed by atoms with Crippen LogP contribution in [-0.2, 0) is 4.79 Å². The van der Waals surface area contributed by atoms with E-state index in [1.54, 1.807) is 0 Å². The number of carboxylic acids is 1. The van der Waals surface area contributed by atoms with Crippen molar-refractivity contribution < 1.29 is 19.1 Å². The molecular weight excluding hydrogens is 233 g/mol. The molecule has 0 radical (unpaired) electrons. The van der Waals surface area contributed by atoms with Crippen LogP contribution >= 0.6 is 12.6 Å². The zero-order valence-electron chi connectivity index (χ0n) is 8.18. The molecular formula is C10H10FNO3S. The average Bonchev–Trinajstić information content (AvgIpc) is 2.26. The Hall–Kier alpha value is -1.56.